The highest BCUT2D eigenvalue weighted by molar-refractivity contribution is 7.90. The van der Waals surface area contributed by atoms with E-state index in [4.69, 9.17) is 9.84 Å². The average molecular weight is 408 g/mol. The van der Waals surface area contributed by atoms with Crippen LogP contribution in [0.25, 0.3) is 10.9 Å². The predicted octanol–water partition coefficient (Wildman–Crippen LogP) is 2.03. The van der Waals surface area contributed by atoms with Crippen molar-refractivity contribution >= 4 is 32.9 Å². The number of rotatable bonds is 5. The Hall–Kier alpha value is -2.39. The summed E-state index contributed by atoms with van der Waals surface area (Å²) < 4.78 is 31.7. The topological polar surface area (TPSA) is 106 Å². The van der Waals surface area contributed by atoms with Crippen molar-refractivity contribution in [2.75, 3.05) is 25.9 Å². The zero-order chi connectivity index (χ0) is 20.5. The molecule has 28 heavy (non-hydrogen) atoms. The first-order valence-electron chi connectivity index (χ1n) is 9.25. The van der Waals surface area contributed by atoms with Crippen LogP contribution >= 0.6 is 0 Å². The van der Waals surface area contributed by atoms with Crippen LogP contribution in [0.4, 0.5) is 0 Å². The van der Waals surface area contributed by atoms with E-state index in [2.05, 4.69) is 11.9 Å². The van der Waals surface area contributed by atoms with Gasteiger partial charge in [0.2, 0.25) is 10.0 Å². The molecule has 0 aliphatic carbocycles. The molecule has 0 atom stereocenters. The second-order valence-electron chi connectivity index (χ2n) is 7.15. The zero-order valence-electron chi connectivity index (χ0n) is 15.9. The summed E-state index contributed by atoms with van der Waals surface area (Å²) in [5.74, 6) is -2.77. The van der Waals surface area contributed by atoms with Gasteiger partial charge in [0.05, 0.1) is 11.3 Å². The van der Waals surface area contributed by atoms with Crippen molar-refractivity contribution in [3.05, 3.63) is 30.0 Å². The molecule has 1 N–H and O–H groups in total. The Balaban J connectivity index is 2.10. The zero-order valence-corrected chi connectivity index (χ0v) is 16.7. The SMILES string of the molecule is CCCS(=O)(=O)n1cc(C2CCN(C)CC2)c2cc(OC(=O)C(=O)O)ccc21. The van der Waals surface area contributed by atoms with Gasteiger partial charge in [-0.2, -0.15) is 0 Å². The second kappa shape index (κ2) is 7.92. The number of aromatic nitrogens is 1. The summed E-state index contributed by atoms with van der Waals surface area (Å²) in [6, 6.07) is 4.53. The van der Waals surface area contributed by atoms with Crippen molar-refractivity contribution in [1.29, 1.82) is 0 Å². The van der Waals surface area contributed by atoms with Gasteiger partial charge in [0.1, 0.15) is 5.75 Å². The van der Waals surface area contributed by atoms with E-state index in [1.165, 1.54) is 10.0 Å². The minimum absolute atomic E-state index is 0.0272. The number of carboxylic acids is 1. The van der Waals surface area contributed by atoms with Crippen LogP contribution in [0.3, 0.4) is 0 Å². The van der Waals surface area contributed by atoms with E-state index in [1.54, 1.807) is 18.3 Å². The smallest absolute Gasteiger partial charge is 0.422 e. The van der Waals surface area contributed by atoms with E-state index in [1.807, 2.05) is 6.92 Å². The third-order valence-electron chi connectivity index (χ3n) is 5.08. The molecule has 1 aromatic carbocycles. The number of carbonyl (C=O) groups excluding carboxylic acids is 1. The molecule has 0 radical (unpaired) electrons. The maximum Gasteiger partial charge on any atom is 0.422 e. The van der Waals surface area contributed by atoms with Crippen molar-refractivity contribution in [1.82, 2.24) is 8.87 Å². The first kappa shape index (κ1) is 20.3. The second-order valence-corrected chi connectivity index (χ2v) is 9.11. The quantitative estimate of drug-likeness (QED) is 0.458. The summed E-state index contributed by atoms with van der Waals surface area (Å²) in [7, 11) is -1.46. The van der Waals surface area contributed by atoms with Gasteiger partial charge in [0.25, 0.3) is 0 Å². The molecule has 1 aliphatic rings. The van der Waals surface area contributed by atoms with Gasteiger partial charge in [-0.3, -0.25) is 0 Å². The highest BCUT2D eigenvalue weighted by atomic mass is 32.2. The maximum absolute atomic E-state index is 12.7. The number of ether oxygens (including phenoxy) is 1. The number of aliphatic carboxylic acids is 1. The summed E-state index contributed by atoms with van der Waals surface area (Å²) in [4.78, 5) is 24.4. The molecule has 0 unspecified atom stereocenters. The van der Waals surface area contributed by atoms with Crippen LogP contribution in [0.5, 0.6) is 5.75 Å². The van der Waals surface area contributed by atoms with Gasteiger partial charge in [-0.1, -0.05) is 6.92 Å². The summed E-state index contributed by atoms with van der Waals surface area (Å²) in [5, 5.41) is 9.42. The third kappa shape index (κ3) is 4.05. The number of hydrogen-bond acceptors (Lipinski definition) is 6. The highest BCUT2D eigenvalue weighted by Gasteiger charge is 2.26. The standard InChI is InChI=1S/C19H24N2O6S/c1-3-10-28(25,26)21-12-16(13-6-8-20(2)9-7-13)15-11-14(4-5-17(15)21)27-19(24)18(22)23/h4-5,11-13H,3,6-10H2,1-2H3,(H,22,23). The lowest BCUT2D eigenvalue weighted by Crippen LogP contribution is -2.29. The first-order valence-corrected chi connectivity index (χ1v) is 10.9. The predicted molar refractivity (Wildman–Crippen MR) is 104 cm³/mol. The normalized spacial score (nSPS) is 16.4. The van der Waals surface area contributed by atoms with Gasteiger partial charge in [-0.25, -0.2) is 22.0 Å². The lowest BCUT2D eigenvalue weighted by atomic mass is 9.89. The summed E-state index contributed by atoms with van der Waals surface area (Å²) in [6.45, 7) is 3.63. The molecule has 1 aliphatic heterocycles. The minimum atomic E-state index is -3.51. The lowest BCUT2D eigenvalue weighted by molar-refractivity contribution is -0.158. The van der Waals surface area contributed by atoms with Crippen LogP contribution in [0.2, 0.25) is 0 Å². The fourth-order valence-electron chi connectivity index (χ4n) is 3.65. The van der Waals surface area contributed by atoms with Crippen LogP contribution in [0.1, 0.15) is 37.7 Å². The molecule has 1 fully saturated rings. The molecule has 2 aromatic rings. The van der Waals surface area contributed by atoms with Crippen molar-refractivity contribution in [2.45, 2.75) is 32.1 Å². The van der Waals surface area contributed by atoms with E-state index in [0.717, 1.165) is 31.5 Å². The summed E-state index contributed by atoms with van der Waals surface area (Å²) >= 11 is 0. The van der Waals surface area contributed by atoms with Gasteiger partial charge in [0.15, 0.2) is 0 Å². The lowest BCUT2D eigenvalue weighted by Gasteiger charge is -2.28. The Labute approximate surface area is 163 Å². The van der Waals surface area contributed by atoms with Crippen molar-refractivity contribution < 1.29 is 27.9 Å². The molecule has 152 valence electrons. The molecule has 2 heterocycles. The molecule has 0 spiro atoms. The number of hydrogen-bond donors (Lipinski definition) is 1. The van der Waals surface area contributed by atoms with E-state index < -0.39 is 22.0 Å². The minimum Gasteiger partial charge on any atom is -0.473 e. The molecule has 0 saturated carbocycles. The number of carbonyl (C=O) groups is 2. The number of likely N-dealkylation sites (tertiary alicyclic amines) is 1. The third-order valence-corrected chi connectivity index (χ3v) is 6.90. The molecule has 0 bridgehead atoms. The van der Waals surface area contributed by atoms with Gasteiger partial charge in [-0.15, -0.1) is 0 Å². The maximum atomic E-state index is 12.7. The van der Waals surface area contributed by atoms with E-state index in [0.29, 0.717) is 17.3 Å². The number of nitrogens with zero attached hydrogens (tertiary/aromatic N) is 2. The average Bonchev–Trinajstić information content (AvgIpc) is 3.02. The molecule has 3 rings (SSSR count). The number of carboxylic acid groups (broad SMARTS) is 1. The number of esters is 1. The molecular formula is C19H24N2O6S. The molecule has 9 heteroatoms. The van der Waals surface area contributed by atoms with E-state index in [-0.39, 0.29) is 17.4 Å². The van der Waals surface area contributed by atoms with Crippen LogP contribution < -0.4 is 4.74 Å². The van der Waals surface area contributed by atoms with Gasteiger partial charge < -0.3 is 14.7 Å². The summed E-state index contributed by atoms with van der Waals surface area (Å²) in [5.41, 5.74) is 1.40. The van der Waals surface area contributed by atoms with Gasteiger partial charge in [0, 0.05) is 11.6 Å². The number of benzene rings is 1. The molecule has 8 nitrogen and oxygen atoms in total. The van der Waals surface area contributed by atoms with Crippen LogP contribution in [0, 0.1) is 0 Å². The Kier molecular flexibility index (Phi) is 5.76. The van der Waals surface area contributed by atoms with Crippen LogP contribution in [0.15, 0.2) is 24.4 Å². The number of fused-ring (bicyclic) bond motifs is 1. The molecule has 1 aromatic heterocycles. The number of piperidine rings is 1. The van der Waals surface area contributed by atoms with Gasteiger partial charge >= 0.3 is 11.9 Å². The van der Waals surface area contributed by atoms with E-state index in [9.17, 15) is 18.0 Å². The largest absolute Gasteiger partial charge is 0.473 e. The van der Waals surface area contributed by atoms with Crippen molar-refractivity contribution in [2.24, 2.45) is 0 Å². The summed E-state index contributed by atoms with van der Waals surface area (Å²) in [6.07, 6.45) is 3.96. The monoisotopic (exact) mass is 408 g/mol. The molecule has 1 saturated heterocycles. The fourth-order valence-corrected chi connectivity index (χ4v) is 5.10. The van der Waals surface area contributed by atoms with Crippen molar-refractivity contribution in [3.63, 3.8) is 0 Å². The van der Waals surface area contributed by atoms with E-state index >= 15 is 0 Å². The Morgan fingerprint density at radius 2 is 1.93 bits per heavy atom. The first-order chi connectivity index (χ1) is 13.2. The highest BCUT2D eigenvalue weighted by Crippen LogP contribution is 2.36. The van der Waals surface area contributed by atoms with Crippen LogP contribution in [-0.2, 0) is 19.6 Å². The molecular weight excluding hydrogens is 384 g/mol. The fraction of sp³-hybridized carbons (Fsp3) is 0.474. The Morgan fingerprint density at radius 3 is 2.54 bits per heavy atom. The Bertz CT molecular complexity index is 1000. The van der Waals surface area contributed by atoms with Crippen LogP contribution in [-0.4, -0.2) is 60.2 Å². The Morgan fingerprint density at radius 1 is 1.25 bits per heavy atom. The molecule has 0 amide bonds. The van der Waals surface area contributed by atoms with Crippen molar-refractivity contribution in [3.8, 4) is 5.75 Å². The van der Waals surface area contributed by atoms with Gasteiger partial charge in [-0.05, 0) is 69.1 Å².